The van der Waals surface area contributed by atoms with E-state index in [4.69, 9.17) is 10.00 Å². The molecule has 1 aliphatic heterocycles. The number of alkyl halides is 4. The van der Waals surface area contributed by atoms with Crippen molar-refractivity contribution in [2.45, 2.75) is 69.0 Å². The molecule has 2 aliphatic rings. The number of imide groups is 1. The molecule has 0 N–H and O–H groups in total. The van der Waals surface area contributed by atoms with E-state index in [1.54, 1.807) is 13.8 Å². The maximum atomic E-state index is 13.4. The third-order valence-corrected chi connectivity index (χ3v) is 7.95. The number of hydrogen-bond acceptors (Lipinski definition) is 5. The van der Waals surface area contributed by atoms with Gasteiger partial charge < -0.3 is 4.74 Å². The van der Waals surface area contributed by atoms with Gasteiger partial charge in [-0.3, -0.25) is 9.10 Å². The summed E-state index contributed by atoms with van der Waals surface area (Å²) in [7, 11) is 0. The third kappa shape index (κ3) is 5.49. The Balaban J connectivity index is 1.75. The zero-order chi connectivity index (χ0) is 24.4. The van der Waals surface area contributed by atoms with E-state index in [0.717, 1.165) is 48.4 Å². The molecule has 180 valence electrons. The first kappa shape index (κ1) is 25.8. The highest BCUT2D eigenvalue weighted by molar-refractivity contribution is 9.09. The van der Waals surface area contributed by atoms with E-state index in [0.29, 0.717) is 12.7 Å². The van der Waals surface area contributed by atoms with Gasteiger partial charge in [0, 0.05) is 17.2 Å². The van der Waals surface area contributed by atoms with Gasteiger partial charge >= 0.3 is 12.2 Å². The van der Waals surface area contributed by atoms with Crippen LogP contribution in [0.5, 0.6) is 0 Å². The monoisotopic (exact) mass is 547 g/mol. The molecule has 33 heavy (non-hydrogen) atoms. The molecular formula is C22H25BrF3N3O3S. The zero-order valence-electron chi connectivity index (χ0n) is 18.3. The Hall–Kier alpha value is -1.77. The standard InChI is InChI=1S/C22H25BrF3N3O3S/c1-21(2)19(30)28(15-5-4-14(13-27)18(12-15)22(24,25)26)20(31)29(21)33-17-8-6-16(7-9-17)32-11-3-10-23/h4-5,12,16-17H,3,6-11H2,1-2H3. The van der Waals surface area contributed by atoms with Crippen LogP contribution in [0, 0.1) is 11.3 Å². The van der Waals surface area contributed by atoms with E-state index < -0.39 is 34.8 Å². The van der Waals surface area contributed by atoms with Crippen LogP contribution in [0.3, 0.4) is 0 Å². The van der Waals surface area contributed by atoms with Crippen LogP contribution < -0.4 is 4.90 Å². The number of amides is 3. The molecule has 1 aromatic carbocycles. The number of rotatable bonds is 7. The van der Waals surface area contributed by atoms with Gasteiger partial charge in [0.05, 0.1) is 29.0 Å². The first-order chi connectivity index (χ1) is 15.5. The zero-order valence-corrected chi connectivity index (χ0v) is 20.7. The summed E-state index contributed by atoms with van der Waals surface area (Å²) in [6.45, 7) is 3.87. The second-order valence-corrected chi connectivity index (χ2v) is 10.6. The number of anilines is 1. The summed E-state index contributed by atoms with van der Waals surface area (Å²) in [4.78, 5) is 27.1. The SMILES string of the molecule is CC1(C)C(=O)N(c2ccc(C#N)c(C(F)(F)F)c2)C(=O)N1SC1CCC(OCCCBr)CC1. The number of urea groups is 1. The minimum absolute atomic E-state index is 0.101. The van der Waals surface area contributed by atoms with Crippen LogP contribution >= 0.6 is 27.9 Å². The summed E-state index contributed by atoms with van der Waals surface area (Å²) in [6, 6.07) is 3.70. The molecule has 6 nitrogen and oxygen atoms in total. The number of carbonyl (C=O) groups is 2. The summed E-state index contributed by atoms with van der Waals surface area (Å²) in [6.07, 6.45) is -0.337. The molecule has 0 aromatic heterocycles. The largest absolute Gasteiger partial charge is 0.417 e. The Morgan fingerprint density at radius 1 is 1.24 bits per heavy atom. The van der Waals surface area contributed by atoms with Crippen molar-refractivity contribution in [2.75, 3.05) is 16.8 Å². The number of ether oxygens (including phenoxy) is 1. The quantitative estimate of drug-likeness (QED) is 0.184. The van der Waals surface area contributed by atoms with Gasteiger partial charge in [0.2, 0.25) is 0 Å². The third-order valence-electron chi connectivity index (χ3n) is 5.79. The van der Waals surface area contributed by atoms with E-state index >= 15 is 0 Å². The average Bonchev–Trinajstić information content (AvgIpc) is 2.93. The number of benzene rings is 1. The highest BCUT2D eigenvalue weighted by Gasteiger charge is 2.53. The fourth-order valence-corrected chi connectivity index (χ4v) is 5.47. The lowest BCUT2D eigenvalue weighted by Gasteiger charge is -2.33. The predicted octanol–water partition coefficient (Wildman–Crippen LogP) is 5.89. The second-order valence-electron chi connectivity index (χ2n) is 8.53. The van der Waals surface area contributed by atoms with Gasteiger partial charge in [-0.25, -0.2) is 9.69 Å². The Morgan fingerprint density at radius 2 is 1.91 bits per heavy atom. The number of carbonyl (C=O) groups excluding carboxylic acids is 2. The van der Waals surface area contributed by atoms with Gasteiger partial charge in [0.15, 0.2) is 0 Å². The minimum atomic E-state index is -4.79. The number of nitrogens with zero attached hydrogens (tertiary/aromatic N) is 3. The molecule has 1 saturated carbocycles. The van der Waals surface area contributed by atoms with Crippen LogP contribution in [-0.2, 0) is 15.7 Å². The summed E-state index contributed by atoms with van der Waals surface area (Å²) in [5.41, 5.74) is -3.16. The first-order valence-corrected chi connectivity index (χ1v) is 12.6. The molecule has 0 bridgehead atoms. The van der Waals surface area contributed by atoms with Crippen LogP contribution in [0.2, 0.25) is 0 Å². The summed E-state index contributed by atoms with van der Waals surface area (Å²) >= 11 is 4.65. The molecule has 1 aliphatic carbocycles. The molecule has 2 fully saturated rings. The number of nitriles is 1. The number of halogens is 4. The fourth-order valence-electron chi connectivity index (χ4n) is 3.94. The van der Waals surface area contributed by atoms with Crippen molar-refractivity contribution in [3.05, 3.63) is 29.3 Å². The average molecular weight is 548 g/mol. The van der Waals surface area contributed by atoms with E-state index in [9.17, 15) is 22.8 Å². The molecule has 0 unspecified atom stereocenters. The normalized spacial score (nSPS) is 23.2. The maximum absolute atomic E-state index is 13.4. The van der Waals surface area contributed by atoms with Crippen molar-refractivity contribution in [3.63, 3.8) is 0 Å². The van der Waals surface area contributed by atoms with Gasteiger partial charge in [0.1, 0.15) is 5.54 Å². The molecule has 1 saturated heterocycles. The first-order valence-electron chi connectivity index (χ1n) is 10.6. The molecule has 0 radical (unpaired) electrons. The summed E-state index contributed by atoms with van der Waals surface area (Å²) in [5, 5.41) is 10.00. The van der Waals surface area contributed by atoms with Crippen molar-refractivity contribution in [2.24, 2.45) is 0 Å². The van der Waals surface area contributed by atoms with Crippen molar-refractivity contribution in [3.8, 4) is 6.07 Å². The Morgan fingerprint density at radius 3 is 2.48 bits per heavy atom. The smallest absolute Gasteiger partial charge is 0.378 e. The van der Waals surface area contributed by atoms with E-state index in [1.165, 1.54) is 28.4 Å². The van der Waals surface area contributed by atoms with E-state index in [1.807, 2.05) is 0 Å². The molecule has 0 spiro atoms. The molecule has 3 rings (SSSR count). The van der Waals surface area contributed by atoms with Crippen molar-refractivity contribution in [1.29, 1.82) is 5.26 Å². The van der Waals surface area contributed by atoms with E-state index in [-0.39, 0.29) is 17.0 Å². The fraction of sp³-hybridized carbons (Fsp3) is 0.591. The van der Waals surface area contributed by atoms with Gasteiger partial charge in [-0.1, -0.05) is 15.9 Å². The Labute approximate surface area is 203 Å². The second kappa shape index (κ2) is 10.2. The van der Waals surface area contributed by atoms with Crippen LogP contribution in [0.15, 0.2) is 18.2 Å². The van der Waals surface area contributed by atoms with Crippen molar-refractivity contribution in [1.82, 2.24) is 4.31 Å². The van der Waals surface area contributed by atoms with Gasteiger partial charge in [-0.15, -0.1) is 0 Å². The van der Waals surface area contributed by atoms with Crippen LogP contribution in [0.25, 0.3) is 0 Å². The van der Waals surface area contributed by atoms with Crippen LogP contribution in [-0.4, -0.2) is 45.1 Å². The van der Waals surface area contributed by atoms with Gasteiger partial charge in [-0.2, -0.15) is 18.4 Å². The van der Waals surface area contributed by atoms with Gasteiger partial charge in [-0.05, 0) is 76.1 Å². The Bertz CT molecular complexity index is 943. The van der Waals surface area contributed by atoms with E-state index in [2.05, 4.69) is 15.9 Å². The molecular weight excluding hydrogens is 523 g/mol. The molecule has 0 atom stereocenters. The molecule has 1 heterocycles. The van der Waals surface area contributed by atoms with Crippen molar-refractivity contribution < 1.29 is 27.5 Å². The van der Waals surface area contributed by atoms with Crippen LogP contribution in [0.1, 0.15) is 57.1 Å². The highest BCUT2D eigenvalue weighted by Crippen LogP contribution is 2.43. The predicted molar refractivity (Wildman–Crippen MR) is 123 cm³/mol. The maximum Gasteiger partial charge on any atom is 0.417 e. The number of hydrogen-bond donors (Lipinski definition) is 0. The molecule has 1 aromatic rings. The molecule has 11 heteroatoms. The lowest BCUT2D eigenvalue weighted by Crippen LogP contribution is -2.41. The van der Waals surface area contributed by atoms with Gasteiger partial charge in [0.25, 0.3) is 5.91 Å². The topological polar surface area (TPSA) is 73.6 Å². The van der Waals surface area contributed by atoms with Crippen molar-refractivity contribution >= 4 is 45.5 Å². The Kier molecular flexibility index (Phi) is 8.02. The summed E-state index contributed by atoms with van der Waals surface area (Å²) in [5.74, 6) is -0.607. The molecule has 3 amide bonds. The highest BCUT2D eigenvalue weighted by atomic mass is 79.9. The lowest BCUT2D eigenvalue weighted by atomic mass is 9.97. The van der Waals surface area contributed by atoms with Crippen LogP contribution in [0.4, 0.5) is 23.7 Å². The lowest BCUT2D eigenvalue weighted by molar-refractivity contribution is -0.137. The minimum Gasteiger partial charge on any atom is -0.378 e. The summed E-state index contributed by atoms with van der Waals surface area (Å²) < 4.78 is 47.4.